The monoisotopic (exact) mass is 275 g/mol. The molecule has 18 heavy (non-hydrogen) atoms. The second-order valence-corrected chi connectivity index (χ2v) is 3.48. The van der Waals surface area contributed by atoms with Crippen LogP contribution >= 0.6 is 0 Å². The number of rotatable bonds is 4. The predicted molar refractivity (Wildman–Crippen MR) is 51.3 cm³/mol. The highest BCUT2D eigenvalue weighted by atomic mass is 19.4. The summed E-state index contributed by atoms with van der Waals surface area (Å²) in [5.41, 5.74) is -1.13. The van der Waals surface area contributed by atoms with Crippen LogP contribution in [0.2, 0.25) is 0 Å². The molecule has 0 spiro atoms. The number of hydrogen-bond donors (Lipinski definition) is 0. The molecule has 0 saturated carbocycles. The highest BCUT2D eigenvalue weighted by Gasteiger charge is 2.28. The Balaban J connectivity index is 2.76. The maximum atomic E-state index is 13.0. The van der Waals surface area contributed by atoms with Crippen LogP contribution in [0.25, 0.3) is 0 Å². The predicted octanol–water partition coefficient (Wildman–Crippen LogP) is 3.21. The standard InChI is InChI=1S/C9H7BF7O/c11-7-2-1-6(10(15,16)17)5-8(7)18-4-3-9(12,13)14/h1-2,5H,3-4H2/q-1. The van der Waals surface area contributed by atoms with Gasteiger partial charge in [0.2, 0.25) is 0 Å². The molecule has 0 radical (unpaired) electrons. The number of alkyl halides is 3. The number of hydrogen-bond acceptors (Lipinski definition) is 1. The highest BCUT2D eigenvalue weighted by Crippen LogP contribution is 2.22. The van der Waals surface area contributed by atoms with Gasteiger partial charge in [-0.2, -0.15) is 13.2 Å². The summed E-state index contributed by atoms with van der Waals surface area (Å²) >= 11 is 0. The number of benzene rings is 1. The molecule has 0 amide bonds. The van der Waals surface area contributed by atoms with Gasteiger partial charge in [-0.05, 0) is 12.1 Å². The lowest BCUT2D eigenvalue weighted by molar-refractivity contribution is -0.139. The van der Waals surface area contributed by atoms with Gasteiger partial charge in [-0.15, -0.1) is 5.46 Å². The van der Waals surface area contributed by atoms with Gasteiger partial charge in [0, 0.05) is 0 Å². The summed E-state index contributed by atoms with van der Waals surface area (Å²) in [6.45, 7) is -6.29. The summed E-state index contributed by atoms with van der Waals surface area (Å²) in [7, 11) is 0. The van der Waals surface area contributed by atoms with Gasteiger partial charge in [-0.3, -0.25) is 0 Å². The lowest BCUT2D eigenvalue weighted by Gasteiger charge is -2.16. The zero-order valence-electron chi connectivity index (χ0n) is 8.78. The van der Waals surface area contributed by atoms with Gasteiger partial charge in [0.1, 0.15) is 0 Å². The van der Waals surface area contributed by atoms with Crippen molar-refractivity contribution in [3.05, 3.63) is 24.0 Å². The number of ether oxygens (including phenoxy) is 1. The van der Waals surface area contributed by atoms with E-state index in [1.54, 1.807) is 0 Å². The van der Waals surface area contributed by atoms with Crippen LogP contribution < -0.4 is 10.2 Å². The van der Waals surface area contributed by atoms with Crippen molar-refractivity contribution >= 4 is 12.4 Å². The number of halogens is 7. The minimum atomic E-state index is -5.35. The molecule has 0 saturated heterocycles. The van der Waals surface area contributed by atoms with Crippen LogP contribution in [0.4, 0.5) is 30.5 Å². The smallest absolute Gasteiger partial charge is 0.490 e. The van der Waals surface area contributed by atoms with Crippen molar-refractivity contribution < 1.29 is 35.2 Å². The van der Waals surface area contributed by atoms with Crippen LogP contribution in [-0.4, -0.2) is 19.8 Å². The Morgan fingerprint density at radius 3 is 2.22 bits per heavy atom. The lowest BCUT2D eigenvalue weighted by atomic mass is 9.80. The Morgan fingerprint density at radius 1 is 1.11 bits per heavy atom. The quantitative estimate of drug-likeness (QED) is 0.605. The summed E-state index contributed by atoms with van der Waals surface area (Å²) in [6.07, 6.45) is -5.88. The third kappa shape index (κ3) is 4.46. The van der Waals surface area contributed by atoms with Crippen LogP contribution in [-0.2, 0) is 0 Å². The molecule has 0 fully saturated rings. The lowest BCUT2D eigenvalue weighted by Crippen LogP contribution is -2.34. The molecule has 1 aromatic carbocycles. The topological polar surface area (TPSA) is 9.23 Å². The fourth-order valence-electron chi connectivity index (χ4n) is 1.11. The maximum absolute atomic E-state index is 13.0. The average Bonchev–Trinajstić information content (AvgIpc) is 2.17. The summed E-state index contributed by atoms with van der Waals surface area (Å²) in [5.74, 6) is -1.98. The van der Waals surface area contributed by atoms with Crippen LogP contribution in [0.5, 0.6) is 5.75 Å². The highest BCUT2D eigenvalue weighted by molar-refractivity contribution is 6.73. The first-order chi connectivity index (χ1) is 8.09. The van der Waals surface area contributed by atoms with Crippen molar-refractivity contribution in [2.24, 2.45) is 0 Å². The van der Waals surface area contributed by atoms with Gasteiger partial charge >= 0.3 is 13.2 Å². The Morgan fingerprint density at radius 2 is 1.72 bits per heavy atom. The maximum Gasteiger partial charge on any atom is 0.509 e. The van der Waals surface area contributed by atoms with E-state index in [0.717, 1.165) is 0 Å². The molecular weight excluding hydrogens is 268 g/mol. The first-order valence-corrected chi connectivity index (χ1v) is 4.78. The fraction of sp³-hybridized carbons (Fsp3) is 0.333. The molecule has 1 aromatic rings. The summed E-state index contributed by atoms with van der Waals surface area (Å²) in [6, 6.07) is 1.37. The van der Waals surface area contributed by atoms with Gasteiger partial charge in [-0.1, -0.05) is 6.07 Å². The Hall–Kier alpha value is -1.41. The van der Waals surface area contributed by atoms with E-state index in [4.69, 9.17) is 0 Å². The summed E-state index contributed by atoms with van der Waals surface area (Å²) in [4.78, 5) is 0. The molecule has 0 unspecified atom stereocenters. The van der Waals surface area contributed by atoms with Crippen molar-refractivity contribution in [1.29, 1.82) is 0 Å². The van der Waals surface area contributed by atoms with E-state index >= 15 is 0 Å². The molecule has 1 nitrogen and oxygen atoms in total. The molecule has 1 rings (SSSR count). The average molecular weight is 275 g/mol. The first kappa shape index (κ1) is 14.7. The van der Waals surface area contributed by atoms with Crippen molar-refractivity contribution in [3.63, 3.8) is 0 Å². The Kier molecular flexibility index (Phi) is 4.13. The first-order valence-electron chi connectivity index (χ1n) is 4.78. The van der Waals surface area contributed by atoms with E-state index < -0.39 is 43.2 Å². The summed E-state index contributed by atoms with van der Waals surface area (Å²) in [5, 5.41) is 0. The third-order valence-corrected chi connectivity index (χ3v) is 1.98. The van der Waals surface area contributed by atoms with E-state index in [9.17, 15) is 30.5 Å². The normalized spacial score (nSPS) is 12.6. The second kappa shape index (κ2) is 5.07. The van der Waals surface area contributed by atoms with E-state index in [1.807, 2.05) is 0 Å². The van der Waals surface area contributed by atoms with Crippen LogP contribution in [0, 0.1) is 5.82 Å². The molecule has 0 bridgehead atoms. The zero-order valence-corrected chi connectivity index (χ0v) is 8.78. The Bertz CT molecular complexity index is 412. The van der Waals surface area contributed by atoms with Gasteiger partial charge in [-0.25, -0.2) is 4.39 Å². The SMILES string of the molecule is Fc1ccc([B-](F)(F)F)cc1OCCC(F)(F)F. The van der Waals surface area contributed by atoms with Gasteiger partial charge in [0.25, 0.3) is 0 Å². The van der Waals surface area contributed by atoms with Crippen molar-refractivity contribution in [2.45, 2.75) is 12.6 Å². The Labute approximate surface area is 97.6 Å². The van der Waals surface area contributed by atoms with Crippen molar-refractivity contribution in [2.75, 3.05) is 6.61 Å². The van der Waals surface area contributed by atoms with E-state index in [-0.39, 0.29) is 0 Å². The molecule has 102 valence electrons. The molecule has 9 heteroatoms. The van der Waals surface area contributed by atoms with Crippen LogP contribution in [0.3, 0.4) is 0 Å². The van der Waals surface area contributed by atoms with E-state index in [1.165, 1.54) is 0 Å². The molecule has 0 aliphatic carbocycles. The van der Waals surface area contributed by atoms with Crippen LogP contribution in [0.15, 0.2) is 18.2 Å². The molecular formula is C9H7BF7O-. The molecule has 0 heterocycles. The molecule has 0 N–H and O–H groups in total. The molecule has 0 atom stereocenters. The van der Waals surface area contributed by atoms with Gasteiger partial charge in [0.05, 0.1) is 13.0 Å². The van der Waals surface area contributed by atoms with Crippen molar-refractivity contribution in [3.8, 4) is 5.75 Å². The second-order valence-electron chi connectivity index (χ2n) is 3.48. The summed E-state index contributed by atoms with van der Waals surface area (Å²) < 4.78 is 89.7. The van der Waals surface area contributed by atoms with Crippen molar-refractivity contribution in [1.82, 2.24) is 0 Å². The van der Waals surface area contributed by atoms with Gasteiger partial charge < -0.3 is 17.7 Å². The molecule has 0 aromatic heterocycles. The van der Waals surface area contributed by atoms with E-state index in [0.29, 0.717) is 18.2 Å². The van der Waals surface area contributed by atoms with Crippen LogP contribution in [0.1, 0.15) is 6.42 Å². The molecule has 0 aliphatic rings. The van der Waals surface area contributed by atoms with E-state index in [2.05, 4.69) is 4.74 Å². The fourth-order valence-corrected chi connectivity index (χ4v) is 1.11. The molecule has 0 aliphatic heterocycles. The minimum Gasteiger partial charge on any atom is -0.490 e. The zero-order chi connectivity index (χ0) is 14.0. The minimum absolute atomic E-state index is 0.353. The van der Waals surface area contributed by atoms with Gasteiger partial charge in [0.15, 0.2) is 11.6 Å². The third-order valence-electron chi connectivity index (χ3n) is 1.98. The largest absolute Gasteiger partial charge is 0.509 e.